The highest BCUT2D eigenvalue weighted by atomic mass is 32.1. The Morgan fingerprint density at radius 3 is 2.19 bits per heavy atom. The first-order valence-corrected chi connectivity index (χ1v) is 17.2. The summed E-state index contributed by atoms with van der Waals surface area (Å²) in [5.41, 5.74) is 11.3. The van der Waals surface area contributed by atoms with Crippen LogP contribution in [0.2, 0.25) is 0 Å². The first-order chi connectivity index (χ1) is 23.5. The van der Waals surface area contributed by atoms with E-state index in [1.165, 1.54) is 42.4 Å². The van der Waals surface area contributed by atoms with Gasteiger partial charge in [0.1, 0.15) is 5.52 Å². The summed E-state index contributed by atoms with van der Waals surface area (Å²) < 4.78 is 9.00. The van der Waals surface area contributed by atoms with Crippen LogP contribution < -0.4 is 4.90 Å². The van der Waals surface area contributed by atoms with E-state index in [1.807, 2.05) is 41.7 Å². The zero-order valence-corrected chi connectivity index (χ0v) is 27.4. The number of thiophene rings is 1. The van der Waals surface area contributed by atoms with Gasteiger partial charge in [-0.3, -0.25) is 0 Å². The molecular weight excluding hydrogens is 605 g/mol. The van der Waals surface area contributed by atoms with E-state index < -0.39 is 0 Å². The van der Waals surface area contributed by atoms with Crippen molar-refractivity contribution in [1.29, 1.82) is 0 Å². The molecule has 7 aromatic carbocycles. The Bertz CT molecular complexity index is 2720. The summed E-state index contributed by atoms with van der Waals surface area (Å²) in [4.78, 5) is 7.22. The molecule has 2 aromatic heterocycles. The first kappa shape index (κ1) is 27.4. The van der Waals surface area contributed by atoms with Gasteiger partial charge in [-0.1, -0.05) is 86.6 Å². The van der Waals surface area contributed by atoms with Crippen LogP contribution in [-0.2, 0) is 5.41 Å². The van der Waals surface area contributed by atoms with Crippen molar-refractivity contribution in [2.45, 2.75) is 19.3 Å². The summed E-state index contributed by atoms with van der Waals surface area (Å²) in [5.74, 6) is 0.640. The maximum Gasteiger partial charge on any atom is 0.227 e. The van der Waals surface area contributed by atoms with E-state index in [9.17, 15) is 0 Å². The highest BCUT2D eigenvalue weighted by molar-refractivity contribution is 7.25. The van der Waals surface area contributed by atoms with Gasteiger partial charge in [0.25, 0.3) is 0 Å². The average molecular weight is 635 g/mol. The van der Waals surface area contributed by atoms with Gasteiger partial charge in [-0.05, 0) is 100 Å². The number of aromatic nitrogens is 1. The Kier molecular flexibility index (Phi) is 5.79. The lowest BCUT2D eigenvalue weighted by molar-refractivity contribution is 0.623. The molecule has 0 N–H and O–H groups in total. The van der Waals surface area contributed by atoms with E-state index >= 15 is 0 Å². The van der Waals surface area contributed by atoms with Crippen molar-refractivity contribution in [2.75, 3.05) is 4.90 Å². The Morgan fingerprint density at radius 1 is 0.562 bits per heavy atom. The lowest BCUT2D eigenvalue weighted by Gasteiger charge is -2.27. The van der Waals surface area contributed by atoms with Gasteiger partial charge >= 0.3 is 0 Å². The monoisotopic (exact) mass is 634 g/mol. The number of fused-ring (bicyclic) bond motifs is 9. The third-order valence-corrected chi connectivity index (χ3v) is 11.2. The average Bonchev–Trinajstić information content (AvgIpc) is 3.80. The van der Waals surface area contributed by atoms with Crippen molar-refractivity contribution < 1.29 is 4.42 Å². The third-order valence-electron chi connectivity index (χ3n) is 10.1. The van der Waals surface area contributed by atoms with Crippen molar-refractivity contribution in [1.82, 2.24) is 4.98 Å². The Hall–Kier alpha value is -5.71. The van der Waals surface area contributed by atoms with Gasteiger partial charge in [-0.25, -0.2) is 4.98 Å². The Morgan fingerprint density at radius 2 is 1.27 bits per heavy atom. The van der Waals surface area contributed by atoms with E-state index in [-0.39, 0.29) is 5.41 Å². The molecule has 0 unspecified atom stereocenters. The van der Waals surface area contributed by atoms with Crippen molar-refractivity contribution in [3.8, 4) is 22.6 Å². The molecule has 10 rings (SSSR count). The molecule has 1 aliphatic rings. The minimum atomic E-state index is -0.0478. The molecule has 228 valence electrons. The lowest BCUT2D eigenvalue weighted by Crippen LogP contribution is -2.15. The normalized spacial score (nSPS) is 13.4. The van der Waals surface area contributed by atoms with Crippen LogP contribution in [0.1, 0.15) is 25.0 Å². The smallest absolute Gasteiger partial charge is 0.227 e. The fourth-order valence-corrected chi connectivity index (χ4v) is 8.78. The van der Waals surface area contributed by atoms with Gasteiger partial charge in [-0.15, -0.1) is 11.3 Å². The predicted octanol–water partition coefficient (Wildman–Crippen LogP) is 12.8. The van der Waals surface area contributed by atoms with E-state index in [0.717, 1.165) is 44.5 Å². The molecule has 9 aromatic rings. The number of hydrogen-bond acceptors (Lipinski definition) is 4. The summed E-state index contributed by atoms with van der Waals surface area (Å²) in [7, 11) is 0. The van der Waals surface area contributed by atoms with Crippen LogP contribution in [-0.4, -0.2) is 4.98 Å². The molecule has 0 saturated carbocycles. The summed E-state index contributed by atoms with van der Waals surface area (Å²) in [6.07, 6.45) is 0. The zero-order valence-electron chi connectivity index (χ0n) is 26.6. The SMILES string of the molecule is CC1(C)c2ccccc2-c2cc(N(c3ccc4c(ccc5nc(-c6ccccc6)oc54)c3)c3ccc4sc5ccccc5c4c3)ccc21. The topological polar surface area (TPSA) is 29.3 Å². The second kappa shape index (κ2) is 10.1. The lowest BCUT2D eigenvalue weighted by atomic mass is 9.82. The molecule has 0 fully saturated rings. The Labute approximate surface area is 282 Å². The van der Waals surface area contributed by atoms with Gasteiger partial charge < -0.3 is 9.32 Å². The summed E-state index contributed by atoms with van der Waals surface area (Å²) in [6.45, 7) is 4.67. The minimum absolute atomic E-state index is 0.0478. The first-order valence-electron chi connectivity index (χ1n) is 16.4. The standard InChI is InChI=1S/C44H30N2OS/c1-44(2)37-14-8-6-12-33(37)35-25-30(18-21-38(35)44)46(31-19-23-41-36(26-31)34-13-7-9-15-40(34)48-41)29-17-20-32-28(24-29)16-22-39-42(32)47-43(45-39)27-10-4-3-5-11-27/h3-26H,1-2H3. The Balaban J connectivity index is 1.18. The third kappa shape index (κ3) is 4.03. The molecule has 0 amide bonds. The molecule has 0 saturated heterocycles. The second-order valence-electron chi connectivity index (χ2n) is 13.2. The van der Waals surface area contributed by atoms with Crippen molar-refractivity contribution in [3.63, 3.8) is 0 Å². The minimum Gasteiger partial charge on any atom is -0.435 e. The van der Waals surface area contributed by atoms with E-state index in [4.69, 9.17) is 9.40 Å². The summed E-state index contributed by atoms with van der Waals surface area (Å²) >= 11 is 1.85. The molecule has 0 spiro atoms. The molecule has 48 heavy (non-hydrogen) atoms. The van der Waals surface area contributed by atoms with Crippen molar-refractivity contribution in [2.24, 2.45) is 0 Å². The zero-order chi connectivity index (χ0) is 32.0. The number of oxazole rings is 1. The molecular formula is C44H30N2OS. The molecule has 0 aliphatic heterocycles. The fourth-order valence-electron chi connectivity index (χ4n) is 7.69. The van der Waals surface area contributed by atoms with Crippen molar-refractivity contribution >= 4 is 70.4 Å². The predicted molar refractivity (Wildman–Crippen MR) is 202 cm³/mol. The van der Waals surface area contributed by atoms with E-state index in [2.05, 4.69) is 134 Å². The molecule has 0 atom stereocenters. The van der Waals surface area contributed by atoms with Gasteiger partial charge in [-0.2, -0.15) is 0 Å². The second-order valence-corrected chi connectivity index (χ2v) is 14.3. The molecule has 1 aliphatic carbocycles. The maximum atomic E-state index is 6.40. The summed E-state index contributed by atoms with van der Waals surface area (Å²) in [5, 5.41) is 4.73. The summed E-state index contributed by atoms with van der Waals surface area (Å²) in [6, 6.07) is 52.5. The van der Waals surface area contributed by atoms with Gasteiger partial charge in [0.15, 0.2) is 5.58 Å². The van der Waals surface area contributed by atoms with Crippen LogP contribution in [0.3, 0.4) is 0 Å². The van der Waals surface area contributed by atoms with Crippen molar-refractivity contribution in [3.05, 3.63) is 157 Å². The molecule has 4 heteroatoms. The van der Waals surface area contributed by atoms with Gasteiger partial charge in [0, 0.05) is 53.6 Å². The van der Waals surface area contributed by atoms with Crippen LogP contribution in [0, 0.1) is 0 Å². The molecule has 0 bridgehead atoms. The quantitative estimate of drug-likeness (QED) is 0.193. The van der Waals surface area contributed by atoms with E-state index in [0.29, 0.717) is 5.89 Å². The number of hydrogen-bond donors (Lipinski definition) is 0. The molecule has 2 heterocycles. The molecule has 0 radical (unpaired) electrons. The maximum absolute atomic E-state index is 6.40. The highest BCUT2D eigenvalue weighted by Gasteiger charge is 2.35. The number of nitrogens with zero attached hydrogens (tertiary/aromatic N) is 2. The van der Waals surface area contributed by atoms with Crippen LogP contribution in [0.4, 0.5) is 17.1 Å². The van der Waals surface area contributed by atoms with Crippen LogP contribution in [0.25, 0.3) is 64.6 Å². The fraction of sp³-hybridized carbons (Fsp3) is 0.0682. The van der Waals surface area contributed by atoms with Crippen LogP contribution in [0.15, 0.2) is 150 Å². The van der Waals surface area contributed by atoms with Gasteiger partial charge in [0.2, 0.25) is 5.89 Å². The number of rotatable bonds is 4. The number of anilines is 3. The van der Waals surface area contributed by atoms with Crippen LogP contribution in [0.5, 0.6) is 0 Å². The van der Waals surface area contributed by atoms with Gasteiger partial charge in [0.05, 0.1) is 0 Å². The largest absolute Gasteiger partial charge is 0.435 e. The van der Waals surface area contributed by atoms with Crippen LogP contribution >= 0.6 is 11.3 Å². The highest BCUT2D eigenvalue weighted by Crippen LogP contribution is 2.51. The number of benzene rings is 7. The molecule has 3 nitrogen and oxygen atoms in total. The van der Waals surface area contributed by atoms with E-state index in [1.54, 1.807) is 0 Å².